The fourth-order valence-electron chi connectivity index (χ4n) is 5.58. The Balaban J connectivity index is 1.27. The van der Waals surface area contributed by atoms with Crippen molar-refractivity contribution in [3.05, 3.63) is 23.3 Å². The van der Waals surface area contributed by atoms with Crippen LogP contribution in [0.1, 0.15) is 121 Å². The molecule has 2 aliphatic heterocycles. The summed E-state index contributed by atoms with van der Waals surface area (Å²) in [6.07, 6.45) is 20.3. The molecule has 9 nitrogen and oxygen atoms in total. The Morgan fingerprint density at radius 1 is 0.721 bits per heavy atom. The lowest BCUT2D eigenvalue weighted by molar-refractivity contribution is -0.133. The Bertz CT molecular complexity index is 999. The van der Waals surface area contributed by atoms with Gasteiger partial charge in [-0.3, -0.25) is 10.2 Å². The van der Waals surface area contributed by atoms with E-state index in [0.29, 0.717) is 87.6 Å². The quantitative estimate of drug-likeness (QED) is 0.206. The number of amidine groups is 2. The highest BCUT2D eigenvalue weighted by Crippen LogP contribution is 2.33. The second kappa shape index (κ2) is 21.1. The van der Waals surface area contributed by atoms with Crippen molar-refractivity contribution >= 4 is 17.6 Å². The summed E-state index contributed by atoms with van der Waals surface area (Å²) < 4.78 is 23.4. The van der Waals surface area contributed by atoms with Gasteiger partial charge in [0.1, 0.15) is 19.0 Å². The predicted octanol–water partition coefficient (Wildman–Crippen LogP) is 6.63. The van der Waals surface area contributed by atoms with E-state index < -0.39 is 0 Å². The monoisotopic (exact) mass is 600 g/mol. The number of fused-ring (bicyclic) bond motifs is 2. The number of aliphatic imine (C=N–C) groups is 1. The highest BCUT2D eigenvalue weighted by atomic mass is 16.6. The molecule has 0 fully saturated rings. The number of ether oxygens (including phenoxy) is 4. The van der Waals surface area contributed by atoms with Crippen LogP contribution in [-0.2, 0) is 14.3 Å². The molecule has 1 aromatic carbocycles. The number of nitrogens with zero attached hydrogens (tertiary/aromatic N) is 2. The zero-order valence-electron chi connectivity index (χ0n) is 26.6. The van der Waals surface area contributed by atoms with E-state index in [-0.39, 0.29) is 11.7 Å². The van der Waals surface area contributed by atoms with Crippen LogP contribution in [0.15, 0.2) is 17.1 Å². The molecule has 2 aliphatic rings. The molecule has 9 heteroatoms. The standard InChI is InChI=1S/C34H56N4O5/c1-2-3-4-5-6-7-8-9-10-11-12-13-14-15-16-17-32(39)38-18-20-40-22-24-42-30-26-28-29(34(36)37-33(28)35)27-31(30)43-25-23-41-21-19-38/h26-27H,2-25H2,1H3,(H3,35,36,37). The molecule has 43 heavy (non-hydrogen) atoms. The molecule has 242 valence electrons. The van der Waals surface area contributed by atoms with E-state index in [0.717, 1.165) is 12.8 Å². The molecule has 0 spiro atoms. The fourth-order valence-corrected chi connectivity index (χ4v) is 5.58. The minimum absolute atomic E-state index is 0.114. The first-order valence-corrected chi connectivity index (χ1v) is 16.9. The Morgan fingerprint density at radius 3 is 1.70 bits per heavy atom. The van der Waals surface area contributed by atoms with Gasteiger partial charge in [0, 0.05) is 30.6 Å². The minimum atomic E-state index is 0.114. The van der Waals surface area contributed by atoms with Crippen LogP contribution in [0.5, 0.6) is 11.5 Å². The highest BCUT2D eigenvalue weighted by molar-refractivity contribution is 6.21. The largest absolute Gasteiger partial charge is 0.487 e. The zero-order valence-corrected chi connectivity index (χ0v) is 26.6. The molecule has 2 heterocycles. The van der Waals surface area contributed by atoms with Crippen molar-refractivity contribution in [2.75, 3.05) is 52.7 Å². The Labute approximate surface area is 259 Å². The van der Waals surface area contributed by atoms with Gasteiger partial charge in [-0.25, -0.2) is 4.99 Å². The molecular weight excluding hydrogens is 544 g/mol. The average molecular weight is 601 g/mol. The average Bonchev–Trinajstić information content (AvgIpc) is 3.27. The number of unbranched alkanes of at least 4 members (excludes halogenated alkanes) is 14. The van der Waals surface area contributed by atoms with E-state index in [1.807, 2.05) is 4.90 Å². The van der Waals surface area contributed by atoms with Crippen LogP contribution in [0.2, 0.25) is 0 Å². The van der Waals surface area contributed by atoms with Crippen LogP contribution >= 0.6 is 0 Å². The number of carbonyl (C=O) groups is 1. The Hall–Kier alpha value is -2.65. The van der Waals surface area contributed by atoms with E-state index in [4.69, 9.17) is 30.1 Å². The van der Waals surface area contributed by atoms with Crippen LogP contribution in [-0.4, -0.2) is 75.2 Å². The third kappa shape index (κ3) is 13.3. The lowest BCUT2D eigenvalue weighted by atomic mass is 10.0. The molecule has 0 radical (unpaired) electrons. The van der Waals surface area contributed by atoms with E-state index >= 15 is 0 Å². The predicted molar refractivity (Wildman–Crippen MR) is 173 cm³/mol. The van der Waals surface area contributed by atoms with Crippen molar-refractivity contribution in [1.82, 2.24) is 4.90 Å². The summed E-state index contributed by atoms with van der Waals surface area (Å²) >= 11 is 0. The van der Waals surface area contributed by atoms with Crippen molar-refractivity contribution in [3.8, 4) is 11.5 Å². The third-order valence-electron chi connectivity index (χ3n) is 8.18. The van der Waals surface area contributed by atoms with E-state index in [1.54, 1.807) is 12.1 Å². The summed E-state index contributed by atoms with van der Waals surface area (Å²) in [5.74, 6) is 1.64. The van der Waals surface area contributed by atoms with Gasteiger partial charge in [-0.05, 0) is 18.6 Å². The molecule has 0 saturated carbocycles. The number of carbonyl (C=O) groups excluding carboxylic acids is 1. The molecule has 0 aliphatic carbocycles. The lowest BCUT2D eigenvalue weighted by Gasteiger charge is -2.22. The van der Waals surface area contributed by atoms with Crippen molar-refractivity contribution in [2.24, 2.45) is 10.7 Å². The summed E-state index contributed by atoms with van der Waals surface area (Å²) in [5.41, 5.74) is 7.26. The fraction of sp³-hybridized carbons (Fsp3) is 0.735. The van der Waals surface area contributed by atoms with Gasteiger partial charge in [-0.2, -0.15) is 0 Å². The second-order valence-corrected chi connectivity index (χ2v) is 11.7. The van der Waals surface area contributed by atoms with Gasteiger partial charge in [0.2, 0.25) is 5.91 Å². The number of hydrogen-bond donors (Lipinski definition) is 2. The number of benzene rings is 1. The summed E-state index contributed by atoms with van der Waals surface area (Å²) in [5, 5.41) is 8.04. The molecule has 0 unspecified atom stereocenters. The highest BCUT2D eigenvalue weighted by Gasteiger charge is 2.23. The van der Waals surface area contributed by atoms with E-state index in [9.17, 15) is 4.79 Å². The van der Waals surface area contributed by atoms with Crippen LogP contribution in [0.4, 0.5) is 0 Å². The van der Waals surface area contributed by atoms with Crippen LogP contribution < -0.4 is 15.2 Å². The summed E-state index contributed by atoms with van der Waals surface area (Å²) in [6.45, 7) is 5.64. The number of nitrogens with one attached hydrogen (secondary N) is 1. The molecule has 1 amide bonds. The normalized spacial score (nSPS) is 16.3. The number of rotatable bonds is 16. The topological polar surface area (TPSA) is 119 Å². The molecular formula is C34H56N4O5. The van der Waals surface area contributed by atoms with Crippen LogP contribution in [0.3, 0.4) is 0 Å². The van der Waals surface area contributed by atoms with Gasteiger partial charge in [0.15, 0.2) is 17.3 Å². The second-order valence-electron chi connectivity index (χ2n) is 11.7. The molecule has 0 atom stereocenters. The Morgan fingerprint density at radius 2 is 1.19 bits per heavy atom. The zero-order chi connectivity index (χ0) is 30.5. The van der Waals surface area contributed by atoms with Crippen LogP contribution in [0, 0.1) is 5.41 Å². The number of amides is 1. The smallest absolute Gasteiger partial charge is 0.222 e. The first-order valence-electron chi connectivity index (χ1n) is 16.9. The maximum atomic E-state index is 13.0. The third-order valence-corrected chi connectivity index (χ3v) is 8.18. The van der Waals surface area contributed by atoms with E-state index in [2.05, 4.69) is 11.9 Å². The Kier molecular flexibility index (Phi) is 17.1. The lowest BCUT2D eigenvalue weighted by Crippen LogP contribution is -2.37. The minimum Gasteiger partial charge on any atom is -0.487 e. The molecule has 0 aromatic heterocycles. The van der Waals surface area contributed by atoms with Gasteiger partial charge in [0.25, 0.3) is 0 Å². The first-order chi connectivity index (χ1) is 21.1. The molecule has 3 N–H and O–H groups in total. The van der Waals surface area contributed by atoms with Gasteiger partial charge < -0.3 is 29.6 Å². The molecule has 1 aromatic rings. The first kappa shape index (κ1) is 34.8. The van der Waals surface area contributed by atoms with Crippen molar-refractivity contribution in [3.63, 3.8) is 0 Å². The van der Waals surface area contributed by atoms with Crippen molar-refractivity contribution < 1.29 is 23.7 Å². The van der Waals surface area contributed by atoms with Crippen LogP contribution in [0.25, 0.3) is 0 Å². The molecule has 3 rings (SSSR count). The molecule has 0 saturated heterocycles. The van der Waals surface area contributed by atoms with Gasteiger partial charge in [0.05, 0.1) is 26.4 Å². The van der Waals surface area contributed by atoms with Gasteiger partial charge in [-0.1, -0.05) is 96.8 Å². The maximum Gasteiger partial charge on any atom is 0.222 e. The van der Waals surface area contributed by atoms with Gasteiger partial charge in [-0.15, -0.1) is 0 Å². The summed E-state index contributed by atoms with van der Waals surface area (Å²) in [7, 11) is 0. The summed E-state index contributed by atoms with van der Waals surface area (Å²) in [6, 6.07) is 3.51. The van der Waals surface area contributed by atoms with Gasteiger partial charge >= 0.3 is 0 Å². The summed E-state index contributed by atoms with van der Waals surface area (Å²) in [4.78, 5) is 18.9. The van der Waals surface area contributed by atoms with E-state index in [1.165, 1.54) is 83.5 Å². The molecule has 0 bridgehead atoms. The SMILES string of the molecule is CCCCCCCCCCCCCCCCCC(=O)N1CCOCCOc2cc3c(cc2OCCOCC1)C(N)=NC3=N. The number of nitrogens with two attached hydrogens (primary N) is 1. The van der Waals surface area contributed by atoms with Crippen molar-refractivity contribution in [2.45, 2.75) is 110 Å². The number of hydrogen-bond acceptors (Lipinski definition) is 7. The van der Waals surface area contributed by atoms with Crippen molar-refractivity contribution in [1.29, 1.82) is 5.41 Å². The maximum absolute atomic E-state index is 13.0.